The fraction of sp³-hybridized carbons (Fsp3) is 1.00. The van der Waals surface area contributed by atoms with Gasteiger partial charge in [0.1, 0.15) is 0 Å². The molecule has 0 bridgehead atoms. The quantitative estimate of drug-likeness (QED) is 0.836. The third-order valence-electron chi connectivity index (χ3n) is 4.40. The predicted molar refractivity (Wildman–Crippen MR) is 81.8 cm³/mol. The van der Waals surface area contributed by atoms with Crippen LogP contribution in [0, 0.1) is 5.92 Å². The molecule has 118 valence electrons. The highest BCUT2D eigenvalue weighted by atomic mass is 32.2. The van der Waals surface area contributed by atoms with Gasteiger partial charge >= 0.3 is 0 Å². The zero-order valence-corrected chi connectivity index (χ0v) is 13.7. The lowest BCUT2D eigenvalue weighted by molar-refractivity contribution is 0.217. The summed E-state index contributed by atoms with van der Waals surface area (Å²) >= 11 is 0. The van der Waals surface area contributed by atoms with Crippen LogP contribution in [0.15, 0.2) is 0 Å². The van der Waals surface area contributed by atoms with Gasteiger partial charge in [-0.15, -0.1) is 0 Å². The number of rotatable bonds is 5. The second-order valence-corrected chi connectivity index (χ2v) is 8.09. The molecular weight excluding hydrogens is 274 g/mol. The largest absolute Gasteiger partial charge is 0.317 e. The van der Waals surface area contributed by atoms with E-state index in [2.05, 4.69) is 19.2 Å². The summed E-state index contributed by atoms with van der Waals surface area (Å²) in [5.41, 5.74) is 0. The highest BCUT2D eigenvalue weighted by Gasteiger charge is 2.36. The summed E-state index contributed by atoms with van der Waals surface area (Å²) in [6.45, 7) is 8.09. The van der Waals surface area contributed by atoms with Crippen molar-refractivity contribution in [2.45, 2.75) is 52.0 Å². The summed E-state index contributed by atoms with van der Waals surface area (Å²) in [7, 11) is -3.28. The van der Waals surface area contributed by atoms with E-state index in [-0.39, 0.29) is 6.04 Å². The zero-order chi connectivity index (χ0) is 14.6. The SMILES string of the molecule is CCCN(C1CCNCC1)S(=O)(=O)N1CCCC(C)C1. The van der Waals surface area contributed by atoms with Crippen LogP contribution in [0.25, 0.3) is 0 Å². The number of hydrogen-bond donors (Lipinski definition) is 1. The van der Waals surface area contributed by atoms with Gasteiger partial charge in [-0.25, -0.2) is 0 Å². The summed E-state index contributed by atoms with van der Waals surface area (Å²) in [5, 5.41) is 3.31. The maximum Gasteiger partial charge on any atom is 0.282 e. The maximum atomic E-state index is 13.0. The van der Waals surface area contributed by atoms with Crippen molar-refractivity contribution in [2.75, 3.05) is 32.7 Å². The number of piperidine rings is 2. The van der Waals surface area contributed by atoms with E-state index in [4.69, 9.17) is 0 Å². The van der Waals surface area contributed by atoms with Crippen LogP contribution in [0.3, 0.4) is 0 Å². The van der Waals surface area contributed by atoms with E-state index in [1.807, 2.05) is 0 Å². The molecule has 5 nitrogen and oxygen atoms in total. The molecule has 1 unspecified atom stereocenters. The van der Waals surface area contributed by atoms with Crippen LogP contribution in [0.2, 0.25) is 0 Å². The van der Waals surface area contributed by atoms with Crippen LogP contribution in [-0.4, -0.2) is 55.8 Å². The van der Waals surface area contributed by atoms with Crippen LogP contribution < -0.4 is 5.32 Å². The molecule has 1 N–H and O–H groups in total. The Hall–Kier alpha value is -0.170. The molecule has 0 aliphatic carbocycles. The van der Waals surface area contributed by atoms with E-state index >= 15 is 0 Å². The second-order valence-electron chi connectivity index (χ2n) is 6.21. The minimum atomic E-state index is -3.28. The zero-order valence-electron chi connectivity index (χ0n) is 12.8. The Bertz CT molecular complexity index is 393. The molecule has 0 saturated carbocycles. The highest BCUT2D eigenvalue weighted by Crippen LogP contribution is 2.24. The fourth-order valence-corrected chi connectivity index (χ4v) is 5.41. The Morgan fingerprint density at radius 3 is 2.55 bits per heavy atom. The molecule has 2 aliphatic rings. The summed E-state index contributed by atoms with van der Waals surface area (Å²) in [5.74, 6) is 0.482. The Balaban J connectivity index is 2.13. The Morgan fingerprint density at radius 2 is 1.95 bits per heavy atom. The molecule has 0 radical (unpaired) electrons. The Labute approximate surface area is 123 Å². The molecule has 2 saturated heterocycles. The lowest BCUT2D eigenvalue weighted by atomic mass is 10.0. The molecule has 0 aromatic rings. The molecular formula is C14H29N3O2S. The van der Waals surface area contributed by atoms with Gasteiger partial charge in [-0.1, -0.05) is 13.8 Å². The average molecular weight is 303 g/mol. The molecule has 2 heterocycles. The fourth-order valence-electron chi connectivity index (χ4n) is 3.31. The van der Waals surface area contributed by atoms with E-state index < -0.39 is 10.2 Å². The first-order valence-electron chi connectivity index (χ1n) is 8.03. The summed E-state index contributed by atoms with van der Waals surface area (Å²) < 4.78 is 29.4. The van der Waals surface area contributed by atoms with Crippen molar-refractivity contribution in [3.8, 4) is 0 Å². The highest BCUT2D eigenvalue weighted by molar-refractivity contribution is 7.86. The van der Waals surface area contributed by atoms with Crippen molar-refractivity contribution in [3.05, 3.63) is 0 Å². The maximum absolute atomic E-state index is 13.0. The number of hydrogen-bond acceptors (Lipinski definition) is 3. The van der Waals surface area contributed by atoms with Gasteiger partial charge in [0.05, 0.1) is 0 Å². The van der Waals surface area contributed by atoms with E-state index in [1.54, 1.807) is 8.61 Å². The lowest BCUT2D eigenvalue weighted by Crippen LogP contribution is -2.53. The second kappa shape index (κ2) is 7.20. The third kappa shape index (κ3) is 3.72. The minimum Gasteiger partial charge on any atom is -0.317 e. The molecule has 0 spiro atoms. The van der Waals surface area contributed by atoms with Crippen molar-refractivity contribution >= 4 is 10.2 Å². The summed E-state index contributed by atoms with van der Waals surface area (Å²) in [6.07, 6.45) is 4.89. The smallest absolute Gasteiger partial charge is 0.282 e. The van der Waals surface area contributed by atoms with Crippen LogP contribution in [0.5, 0.6) is 0 Å². The first kappa shape index (κ1) is 16.2. The average Bonchev–Trinajstić information content (AvgIpc) is 2.45. The van der Waals surface area contributed by atoms with Gasteiger partial charge in [0, 0.05) is 25.7 Å². The molecule has 0 aromatic carbocycles. The van der Waals surface area contributed by atoms with E-state index in [0.29, 0.717) is 25.6 Å². The summed E-state index contributed by atoms with van der Waals surface area (Å²) in [6, 6.07) is 0.179. The molecule has 6 heteroatoms. The van der Waals surface area contributed by atoms with Gasteiger partial charge in [0.2, 0.25) is 0 Å². The first-order chi connectivity index (χ1) is 9.55. The third-order valence-corrected chi connectivity index (χ3v) is 6.46. The molecule has 0 aromatic heterocycles. The first-order valence-corrected chi connectivity index (χ1v) is 9.43. The Kier molecular flexibility index (Phi) is 5.84. The number of nitrogens with zero attached hydrogens (tertiary/aromatic N) is 2. The minimum absolute atomic E-state index is 0.179. The van der Waals surface area contributed by atoms with Crippen LogP contribution in [0.4, 0.5) is 0 Å². The summed E-state index contributed by atoms with van der Waals surface area (Å²) in [4.78, 5) is 0. The van der Waals surface area contributed by atoms with E-state index in [9.17, 15) is 8.42 Å². The van der Waals surface area contributed by atoms with Crippen molar-refractivity contribution in [3.63, 3.8) is 0 Å². The molecule has 1 atom stereocenters. The van der Waals surface area contributed by atoms with E-state index in [0.717, 1.165) is 45.2 Å². The van der Waals surface area contributed by atoms with Crippen molar-refractivity contribution in [1.82, 2.24) is 13.9 Å². The van der Waals surface area contributed by atoms with Gasteiger partial charge in [0.15, 0.2) is 0 Å². The molecule has 2 rings (SSSR count). The normalized spacial score (nSPS) is 27.1. The van der Waals surface area contributed by atoms with Gasteiger partial charge in [-0.2, -0.15) is 17.0 Å². The van der Waals surface area contributed by atoms with Crippen molar-refractivity contribution in [1.29, 1.82) is 0 Å². The van der Waals surface area contributed by atoms with Gasteiger partial charge < -0.3 is 5.32 Å². The monoisotopic (exact) mass is 303 g/mol. The molecule has 2 fully saturated rings. The molecule has 0 amide bonds. The Morgan fingerprint density at radius 1 is 1.25 bits per heavy atom. The molecule has 2 aliphatic heterocycles. The number of nitrogens with one attached hydrogen (secondary N) is 1. The van der Waals surface area contributed by atoms with Gasteiger partial charge in [-0.3, -0.25) is 0 Å². The van der Waals surface area contributed by atoms with Gasteiger partial charge in [0.25, 0.3) is 10.2 Å². The van der Waals surface area contributed by atoms with Crippen molar-refractivity contribution < 1.29 is 8.42 Å². The lowest BCUT2D eigenvalue weighted by Gasteiger charge is -2.39. The predicted octanol–water partition coefficient (Wildman–Crippen LogP) is 1.43. The van der Waals surface area contributed by atoms with Crippen LogP contribution in [0.1, 0.15) is 46.0 Å². The topological polar surface area (TPSA) is 52.7 Å². The van der Waals surface area contributed by atoms with Crippen LogP contribution >= 0.6 is 0 Å². The molecule has 20 heavy (non-hydrogen) atoms. The van der Waals surface area contributed by atoms with E-state index in [1.165, 1.54) is 0 Å². The van der Waals surface area contributed by atoms with Crippen LogP contribution in [-0.2, 0) is 10.2 Å². The van der Waals surface area contributed by atoms with Crippen molar-refractivity contribution in [2.24, 2.45) is 5.92 Å². The van der Waals surface area contributed by atoms with Gasteiger partial charge in [-0.05, 0) is 51.1 Å². The standard InChI is InChI=1S/C14H29N3O2S/c1-3-10-17(14-6-8-15-9-7-14)20(18,19)16-11-4-5-13(2)12-16/h13-15H,3-12H2,1-2H3.